The van der Waals surface area contributed by atoms with Crippen molar-refractivity contribution < 1.29 is 23.5 Å². The molecule has 3 N–H and O–H groups in total. The maximum Gasteiger partial charge on any atom is 0.273 e. The second kappa shape index (κ2) is 11.8. The number of halogens is 2. The molecule has 8 nitrogen and oxygen atoms in total. The summed E-state index contributed by atoms with van der Waals surface area (Å²) in [6, 6.07) is 4.90. The van der Waals surface area contributed by atoms with E-state index >= 15 is 0 Å². The summed E-state index contributed by atoms with van der Waals surface area (Å²) in [4.78, 5) is 37.3. The molecular weight excluding hydrogens is 524 g/mol. The number of amides is 2. The highest BCUT2D eigenvalue weighted by Gasteiger charge is 2.34. The van der Waals surface area contributed by atoms with Crippen LogP contribution in [0.15, 0.2) is 41.9 Å². The highest BCUT2D eigenvalue weighted by atomic mass is 32.1. The number of nitrogens with zero attached hydrogens (tertiary/aromatic N) is 3. The molecule has 5 rings (SSSR count). The molecule has 4 heterocycles. The molecule has 0 saturated carbocycles. The van der Waals surface area contributed by atoms with E-state index in [1.54, 1.807) is 4.90 Å². The molecule has 2 aromatic heterocycles. The Morgan fingerprint density at radius 3 is 2.69 bits per heavy atom. The lowest BCUT2D eigenvalue weighted by Gasteiger charge is -2.29. The first-order valence-electron chi connectivity index (χ1n) is 13.1. The summed E-state index contributed by atoms with van der Waals surface area (Å²) in [6.07, 6.45) is 3.71. The van der Waals surface area contributed by atoms with Crippen molar-refractivity contribution in [1.29, 1.82) is 0 Å². The molecule has 3 aromatic rings. The van der Waals surface area contributed by atoms with Gasteiger partial charge in [-0.25, -0.2) is 13.8 Å². The number of rotatable bonds is 8. The number of aliphatic hydroxyl groups is 1. The van der Waals surface area contributed by atoms with Crippen LogP contribution in [0, 0.1) is 18.6 Å². The van der Waals surface area contributed by atoms with Gasteiger partial charge in [-0.15, -0.1) is 11.3 Å². The van der Waals surface area contributed by atoms with E-state index in [-0.39, 0.29) is 35.7 Å². The van der Waals surface area contributed by atoms with E-state index in [9.17, 15) is 23.5 Å². The third-order valence-corrected chi connectivity index (χ3v) is 8.36. The highest BCUT2D eigenvalue weighted by Crippen LogP contribution is 2.34. The monoisotopic (exact) mass is 555 g/mol. The number of aliphatic hydroxyl groups excluding tert-OH is 1. The molecule has 0 unspecified atom stereocenters. The van der Waals surface area contributed by atoms with Crippen molar-refractivity contribution in [1.82, 2.24) is 25.5 Å². The second-order valence-electron chi connectivity index (χ2n) is 10.2. The number of nitrogens with one attached hydrogen (secondary N) is 2. The van der Waals surface area contributed by atoms with Gasteiger partial charge in [-0.1, -0.05) is 0 Å². The summed E-state index contributed by atoms with van der Waals surface area (Å²) in [6.45, 7) is 3.24. The SMILES string of the molecule is Cc1csc([C@H]2CCCN2C(=O)c2cc(C(=O)N[C@@H](Cc3cc(F)cc(F)c3)[C@@H](O)[C@H]3CCCN3)ccn2)n1. The number of hydrogen-bond acceptors (Lipinski definition) is 7. The van der Waals surface area contributed by atoms with Crippen LogP contribution >= 0.6 is 11.3 Å². The summed E-state index contributed by atoms with van der Waals surface area (Å²) in [5.41, 5.74) is 1.58. The van der Waals surface area contributed by atoms with Crippen molar-refractivity contribution in [2.75, 3.05) is 13.1 Å². The normalized spacial score (nSPS) is 20.7. The van der Waals surface area contributed by atoms with E-state index in [1.807, 2.05) is 12.3 Å². The highest BCUT2D eigenvalue weighted by molar-refractivity contribution is 7.09. The van der Waals surface area contributed by atoms with Crippen LogP contribution < -0.4 is 10.6 Å². The van der Waals surface area contributed by atoms with Crippen LogP contribution in [0.25, 0.3) is 0 Å². The lowest BCUT2D eigenvalue weighted by atomic mass is 9.95. The Hall–Kier alpha value is -3.28. The zero-order chi connectivity index (χ0) is 27.5. The average molecular weight is 556 g/mol. The van der Waals surface area contributed by atoms with Crippen molar-refractivity contribution in [3.63, 3.8) is 0 Å². The van der Waals surface area contributed by atoms with E-state index in [1.165, 1.54) is 41.8 Å². The lowest BCUT2D eigenvalue weighted by molar-refractivity contribution is 0.0728. The maximum absolute atomic E-state index is 13.8. The zero-order valence-corrected chi connectivity index (χ0v) is 22.4. The van der Waals surface area contributed by atoms with Gasteiger partial charge >= 0.3 is 0 Å². The minimum atomic E-state index is -0.988. The van der Waals surface area contributed by atoms with Gasteiger partial charge in [0.05, 0.1) is 18.2 Å². The predicted molar refractivity (Wildman–Crippen MR) is 142 cm³/mol. The number of carbonyl (C=O) groups is 2. The van der Waals surface area contributed by atoms with Crippen LogP contribution in [0.1, 0.15) is 68.8 Å². The summed E-state index contributed by atoms with van der Waals surface area (Å²) in [5.74, 6) is -2.25. The first-order chi connectivity index (χ1) is 18.8. The van der Waals surface area contributed by atoms with Crippen LogP contribution in [0.2, 0.25) is 0 Å². The number of pyridine rings is 1. The molecule has 2 saturated heterocycles. The molecule has 1 aromatic carbocycles. The fourth-order valence-electron chi connectivity index (χ4n) is 5.40. The van der Waals surface area contributed by atoms with Crippen molar-refractivity contribution in [3.05, 3.63) is 81.1 Å². The molecule has 0 radical (unpaired) electrons. The fourth-order valence-corrected chi connectivity index (χ4v) is 6.35. The van der Waals surface area contributed by atoms with Gasteiger partial charge in [0.2, 0.25) is 0 Å². The van der Waals surface area contributed by atoms with Crippen molar-refractivity contribution >= 4 is 23.2 Å². The van der Waals surface area contributed by atoms with Crippen LogP contribution in [0.3, 0.4) is 0 Å². The Labute approximate surface area is 229 Å². The predicted octanol–water partition coefficient (Wildman–Crippen LogP) is 3.56. The molecule has 0 bridgehead atoms. The van der Waals surface area contributed by atoms with Gasteiger partial charge in [0.1, 0.15) is 22.3 Å². The number of carbonyl (C=O) groups excluding carboxylic acids is 2. The zero-order valence-electron chi connectivity index (χ0n) is 21.6. The third kappa shape index (κ3) is 6.32. The molecule has 11 heteroatoms. The fraction of sp³-hybridized carbons (Fsp3) is 0.429. The minimum absolute atomic E-state index is 0.0271. The number of likely N-dealkylation sites (tertiary alicyclic amines) is 1. The Kier molecular flexibility index (Phi) is 8.29. The topological polar surface area (TPSA) is 107 Å². The summed E-state index contributed by atoms with van der Waals surface area (Å²) < 4.78 is 27.7. The smallest absolute Gasteiger partial charge is 0.273 e. The molecule has 0 aliphatic carbocycles. The van der Waals surface area contributed by atoms with Gasteiger partial charge in [-0.2, -0.15) is 0 Å². The Morgan fingerprint density at radius 2 is 2.00 bits per heavy atom. The summed E-state index contributed by atoms with van der Waals surface area (Å²) in [5, 5.41) is 20.0. The van der Waals surface area contributed by atoms with Gasteiger partial charge in [0.15, 0.2) is 0 Å². The van der Waals surface area contributed by atoms with Crippen molar-refractivity contribution in [2.45, 2.75) is 63.3 Å². The Morgan fingerprint density at radius 1 is 1.21 bits per heavy atom. The molecule has 0 spiro atoms. The number of hydrogen-bond donors (Lipinski definition) is 3. The minimum Gasteiger partial charge on any atom is -0.389 e. The van der Waals surface area contributed by atoms with Gasteiger partial charge in [0, 0.05) is 41.5 Å². The van der Waals surface area contributed by atoms with Gasteiger partial charge < -0.3 is 20.6 Å². The molecule has 2 fully saturated rings. The second-order valence-corrected chi connectivity index (χ2v) is 11.1. The number of aryl methyl sites for hydroxylation is 1. The van der Waals surface area contributed by atoms with E-state index in [0.717, 1.165) is 42.6 Å². The molecular formula is C28H31F2N5O3S. The van der Waals surface area contributed by atoms with Crippen LogP contribution in [-0.2, 0) is 6.42 Å². The average Bonchev–Trinajstić information content (AvgIpc) is 3.69. The van der Waals surface area contributed by atoms with Crippen LogP contribution in [0.5, 0.6) is 0 Å². The van der Waals surface area contributed by atoms with E-state index in [4.69, 9.17) is 0 Å². The molecule has 39 heavy (non-hydrogen) atoms. The van der Waals surface area contributed by atoms with Crippen LogP contribution in [-0.4, -0.2) is 63.1 Å². The molecule has 206 valence electrons. The standard InChI is InChI=1S/C28H31F2N5O3S/c1-16-15-39-27(33-16)24-5-3-9-35(24)28(38)23-13-18(6-8-32-23)26(37)34-22(25(36)21-4-2-7-31-21)12-17-10-19(29)14-20(30)11-17/h6,8,10-11,13-15,21-22,24-25,31,36H,2-5,7,9,12H2,1H3,(H,34,37)/t21-,22+,24-,25+/m1/s1. The summed E-state index contributed by atoms with van der Waals surface area (Å²) >= 11 is 1.53. The first kappa shape index (κ1) is 27.3. The molecule has 4 atom stereocenters. The van der Waals surface area contributed by atoms with E-state index in [2.05, 4.69) is 20.6 Å². The molecule has 2 amide bonds. The van der Waals surface area contributed by atoms with Gasteiger partial charge in [-0.3, -0.25) is 14.6 Å². The van der Waals surface area contributed by atoms with E-state index < -0.39 is 29.7 Å². The van der Waals surface area contributed by atoms with Gasteiger partial charge in [-0.05, 0) is 75.4 Å². The largest absolute Gasteiger partial charge is 0.389 e. The third-order valence-electron chi connectivity index (χ3n) is 7.29. The van der Waals surface area contributed by atoms with Crippen molar-refractivity contribution in [2.24, 2.45) is 0 Å². The Balaban J connectivity index is 1.34. The van der Waals surface area contributed by atoms with Crippen molar-refractivity contribution in [3.8, 4) is 0 Å². The van der Waals surface area contributed by atoms with Gasteiger partial charge in [0.25, 0.3) is 11.8 Å². The van der Waals surface area contributed by atoms with E-state index in [0.29, 0.717) is 18.5 Å². The molecule has 2 aliphatic heterocycles. The Bertz CT molecular complexity index is 1330. The quantitative estimate of drug-likeness (QED) is 0.393. The maximum atomic E-state index is 13.8. The molecule has 2 aliphatic rings. The summed E-state index contributed by atoms with van der Waals surface area (Å²) in [7, 11) is 0. The number of thiazole rings is 1. The number of aromatic nitrogens is 2. The number of benzene rings is 1. The first-order valence-corrected chi connectivity index (χ1v) is 14.0. The van der Waals surface area contributed by atoms with Crippen LogP contribution in [0.4, 0.5) is 8.78 Å². The lowest BCUT2D eigenvalue weighted by Crippen LogP contribution is -2.52.